The molecular weight excluding hydrogens is 372 g/mol. The van der Waals surface area contributed by atoms with Crippen LogP contribution in [-0.2, 0) is 0 Å². The molecule has 28 heavy (non-hydrogen) atoms. The number of aromatic nitrogens is 2. The fraction of sp³-hybridized carbons (Fsp3) is 0.227. The number of pyridine rings is 2. The fourth-order valence-electron chi connectivity index (χ4n) is 3.57. The van der Waals surface area contributed by atoms with E-state index in [-0.39, 0.29) is 11.9 Å². The second kappa shape index (κ2) is 7.98. The van der Waals surface area contributed by atoms with Gasteiger partial charge in [0.05, 0.1) is 35.4 Å². The van der Waals surface area contributed by atoms with E-state index in [1.165, 1.54) is 9.98 Å². The molecule has 4 rings (SSSR count). The molecule has 3 heterocycles. The van der Waals surface area contributed by atoms with Crippen LogP contribution in [0.5, 0.6) is 0 Å². The molecule has 1 atom stereocenters. The Labute approximate surface area is 169 Å². The highest BCUT2D eigenvalue weighted by atomic mass is 35.5. The Morgan fingerprint density at radius 2 is 1.93 bits per heavy atom. The topological polar surface area (TPSA) is 49.3 Å². The molecule has 1 amide bonds. The minimum Gasteiger partial charge on any atom is -0.332 e. The molecule has 1 aliphatic heterocycles. The number of anilines is 2. The quantitative estimate of drug-likeness (QED) is 0.582. The molecule has 1 fully saturated rings. The van der Waals surface area contributed by atoms with Crippen molar-refractivity contribution in [1.29, 1.82) is 0 Å². The number of halogens is 1. The van der Waals surface area contributed by atoms with Crippen LogP contribution in [0.25, 0.3) is 0 Å². The van der Waals surface area contributed by atoms with Gasteiger partial charge in [-0.05, 0) is 43.5 Å². The maximum Gasteiger partial charge on any atom is 0.256 e. The molecule has 0 N–H and O–H groups in total. The third-order valence-corrected chi connectivity index (χ3v) is 5.41. The average molecular weight is 393 g/mol. The highest BCUT2D eigenvalue weighted by Gasteiger charge is 2.30. The summed E-state index contributed by atoms with van der Waals surface area (Å²) >= 11 is 6.47. The van der Waals surface area contributed by atoms with Crippen LogP contribution in [0, 0.1) is 6.92 Å². The molecule has 0 radical (unpaired) electrons. The smallest absolute Gasteiger partial charge is 0.256 e. The number of rotatable bonds is 4. The number of carbonyl (C=O) groups is 1. The Balaban J connectivity index is 1.58. The van der Waals surface area contributed by atoms with E-state index < -0.39 is 0 Å². The number of likely N-dealkylation sites (tertiary alicyclic amines) is 1. The van der Waals surface area contributed by atoms with E-state index in [0.29, 0.717) is 11.3 Å². The van der Waals surface area contributed by atoms with Gasteiger partial charge in [0.1, 0.15) is 0 Å². The molecule has 2 aromatic heterocycles. The highest BCUT2D eigenvalue weighted by molar-refractivity contribution is 6.29. The van der Waals surface area contributed by atoms with Gasteiger partial charge in [-0.1, -0.05) is 30.3 Å². The lowest BCUT2D eigenvalue weighted by molar-refractivity contribution is 0.0735. The van der Waals surface area contributed by atoms with Crippen molar-refractivity contribution >= 4 is 29.1 Å². The van der Waals surface area contributed by atoms with Crippen LogP contribution in [-0.4, -0.2) is 27.3 Å². The van der Waals surface area contributed by atoms with Gasteiger partial charge in [0.15, 0.2) is 0 Å². The molecule has 1 saturated heterocycles. The van der Waals surface area contributed by atoms with Gasteiger partial charge in [-0.2, -0.15) is 0 Å². The fourth-order valence-corrected chi connectivity index (χ4v) is 3.77. The lowest BCUT2D eigenvalue weighted by Crippen LogP contribution is -2.30. The van der Waals surface area contributed by atoms with Crippen molar-refractivity contribution in [3.8, 4) is 0 Å². The largest absolute Gasteiger partial charge is 0.332 e. The number of carbonyl (C=O) groups excluding carboxylic acids is 1. The monoisotopic (exact) mass is 392 g/mol. The lowest BCUT2D eigenvalue weighted by atomic mass is 10.0. The van der Waals surface area contributed by atoms with Crippen molar-refractivity contribution in [2.75, 3.05) is 11.0 Å². The molecule has 0 bridgehead atoms. The molecule has 1 aromatic carbocycles. The molecule has 0 spiro atoms. The standard InChI is InChI=1S/C22H21ClN4O/c1-16-9-10-19(15-25-16)27(23)20-12-18(13-24-14-20)22(28)26-11-5-8-21(26)17-6-3-2-4-7-17/h2-4,6-7,9-10,12-15,21H,5,8,11H2,1H3. The summed E-state index contributed by atoms with van der Waals surface area (Å²) in [6.07, 6.45) is 6.91. The number of benzene rings is 1. The summed E-state index contributed by atoms with van der Waals surface area (Å²) in [6.45, 7) is 2.66. The summed E-state index contributed by atoms with van der Waals surface area (Å²) in [4.78, 5) is 23.6. The van der Waals surface area contributed by atoms with E-state index in [4.69, 9.17) is 11.8 Å². The predicted molar refractivity (Wildman–Crippen MR) is 111 cm³/mol. The Morgan fingerprint density at radius 1 is 1.11 bits per heavy atom. The van der Waals surface area contributed by atoms with Crippen LogP contribution >= 0.6 is 11.8 Å². The Morgan fingerprint density at radius 3 is 2.68 bits per heavy atom. The van der Waals surface area contributed by atoms with E-state index >= 15 is 0 Å². The molecule has 1 unspecified atom stereocenters. The zero-order valence-electron chi connectivity index (χ0n) is 15.6. The zero-order chi connectivity index (χ0) is 19.5. The van der Waals surface area contributed by atoms with E-state index in [2.05, 4.69) is 22.1 Å². The zero-order valence-corrected chi connectivity index (χ0v) is 16.4. The van der Waals surface area contributed by atoms with Gasteiger partial charge in [-0.3, -0.25) is 19.2 Å². The SMILES string of the molecule is Cc1ccc(N(Cl)c2cncc(C(=O)N3CCCC3c3ccccc3)c2)cn1. The second-order valence-corrected chi connectivity index (χ2v) is 7.28. The van der Waals surface area contributed by atoms with Crippen molar-refractivity contribution in [2.45, 2.75) is 25.8 Å². The summed E-state index contributed by atoms with van der Waals surface area (Å²) in [6, 6.07) is 15.8. The van der Waals surface area contributed by atoms with Gasteiger partial charge >= 0.3 is 0 Å². The summed E-state index contributed by atoms with van der Waals surface area (Å²) < 4.78 is 1.47. The van der Waals surface area contributed by atoms with Gasteiger partial charge < -0.3 is 4.90 Å². The van der Waals surface area contributed by atoms with Crippen LogP contribution in [0.4, 0.5) is 11.4 Å². The van der Waals surface area contributed by atoms with Crippen LogP contribution in [0.2, 0.25) is 0 Å². The summed E-state index contributed by atoms with van der Waals surface area (Å²) in [5, 5.41) is 0. The molecule has 5 nitrogen and oxygen atoms in total. The lowest BCUT2D eigenvalue weighted by Gasteiger charge is -2.25. The van der Waals surface area contributed by atoms with Crippen molar-refractivity contribution in [3.63, 3.8) is 0 Å². The number of nitrogens with zero attached hydrogens (tertiary/aromatic N) is 4. The van der Waals surface area contributed by atoms with E-state index in [1.807, 2.05) is 42.2 Å². The molecule has 0 saturated carbocycles. The molecule has 3 aromatic rings. The van der Waals surface area contributed by atoms with Crippen molar-refractivity contribution in [3.05, 3.63) is 83.9 Å². The third kappa shape index (κ3) is 3.71. The first-order chi connectivity index (χ1) is 13.6. The van der Waals surface area contributed by atoms with Crippen LogP contribution < -0.4 is 4.42 Å². The second-order valence-electron chi connectivity index (χ2n) is 6.94. The Bertz CT molecular complexity index is 962. The van der Waals surface area contributed by atoms with Crippen LogP contribution in [0.1, 0.15) is 40.5 Å². The predicted octanol–water partition coefficient (Wildman–Crippen LogP) is 5.05. The van der Waals surface area contributed by atoms with Gasteiger partial charge in [0.2, 0.25) is 0 Å². The van der Waals surface area contributed by atoms with Gasteiger partial charge in [0.25, 0.3) is 5.91 Å². The first-order valence-corrected chi connectivity index (χ1v) is 9.67. The van der Waals surface area contributed by atoms with Crippen molar-refractivity contribution < 1.29 is 4.79 Å². The first-order valence-electron chi connectivity index (χ1n) is 9.33. The molecular formula is C22H21ClN4O. The Hall–Kier alpha value is -2.92. The number of hydrogen-bond acceptors (Lipinski definition) is 4. The molecule has 1 aliphatic rings. The van der Waals surface area contributed by atoms with Crippen LogP contribution in [0.15, 0.2) is 67.1 Å². The van der Waals surface area contributed by atoms with Gasteiger partial charge in [0, 0.05) is 30.2 Å². The average Bonchev–Trinajstić information content (AvgIpc) is 3.24. The third-order valence-electron chi connectivity index (χ3n) is 5.02. The van der Waals surface area contributed by atoms with Crippen LogP contribution in [0.3, 0.4) is 0 Å². The first kappa shape index (κ1) is 18.4. The number of hydrogen-bond donors (Lipinski definition) is 0. The molecule has 142 valence electrons. The minimum absolute atomic E-state index is 0.0206. The molecule has 0 aliphatic carbocycles. The van der Waals surface area contributed by atoms with E-state index in [0.717, 1.165) is 30.8 Å². The maximum atomic E-state index is 13.2. The maximum absolute atomic E-state index is 13.2. The molecule has 6 heteroatoms. The Kier molecular flexibility index (Phi) is 5.26. The minimum atomic E-state index is -0.0206. The summed E-state index contributed by atoms with van der Waals surface area (Å²) in [7, 11) is 0. The van der Waals surface area contributed by atoms with Crippen molar-refractivity contribution in [1.82, 2.24) is 14.9 Å². The summed E-state index contributed by atoms with van der Waals surface area (Å²) in [5.74, 6) is -0.0206. The van der Waals surface area contributed by atoms with Gasteiger partial charge in [-0.15, -0.1) is 0 Å². The van der Waals surface area contributed by atoms with Gasteiger partial charge in [-0.25, -0.2) is 0 Å². The number of amides is 1. The normalized spacial score (nSPS) is 16.2. The van der Waals surface area contributed by atoms with Crippen molar-refractivity contribution in [2.24, 2.45) is 0 Å². The van der Waals surface area contributed by atoms with E-state index in [1.54, 1.807) is 24.7 Å². The summed E-state index contributed by atoms with van der Waals surface area (Å²) in [5.41, 5.74) is 3.97. The van der Waals surface area contributed by atoms with E-state index in [9.17, 15) is 4.79 Å². The number of aryl methyl sites for hydroxylation is 1. The highest BCUT2D eigenvalue weighted by Crippen LogP contribution is 2.34.